The quantitative estimate of drug-likeness (QED) is 0.827. The number of hydrogen-bond donors (Lipinski definition) is 1. The lowest BCUT2D eigenvalue weighted by atomic mass is 10.1. The van der Waals surface area contributed by atoms with E-state index in [2.05, 4.69) is 27.4 Å². The molecule has 4 nitrogen and oxygen atoms in total. The molecule has 0 aromatic carbocycles. The molecule has 1 aliphatic rings. The zero-order valence-electron chi connectivity index (χ0n) is 9.00. The molecule has 2 aromatic heterocycles. The summed E-state index contributed by atoms with van der Waals surface area (Å²) in [5.74, 6) is 0.934. The van der Waals surface area contributed by atoms with Crippen molar-refractivity contribution >= 4 is 0 Å². The first-order chi connectivity index (χ1) is 7.93. The van der Waals surface area contributed by atoms with Gasteiger partial charge in [0.2, 0.25) is 0 Å². The standard InChI is InChI=1S/C12H14N4/c1-3-11(10-4-2-6-14-10)15-12(5-1)16-8-7-13-9-16/h1,3,5,7-10,14H,2,4,6H2. The summed E-state index contributed by atoms with van der Waals surface area (Å²) in [5, 5.41) is 3.46. The molecule has 3 rings (SSSR count). The van der Waals surface area contributed by atoms with Crippen LogP contribution in [-0.2, 0) is 0 Å². The van der Waals surface area contributed by atoms with Crippen molar-refractivity contribution in [2.75, 3.05) is 6.54 Å². The van der Waals surface area contributed by atoms with Crippen LogP contribution in [0.25, 0.3) is 5.82 Å². The van der Waals surface area contributed by atoms with E-state index in [1.54, 1.807) is 12.5 Å². The molecule has 0 aliphatic carbocycles. The first-order valence-electron chi connectivity index (χ1n) is 5.62. The number of rotatable bonds is 2. The van der Waals surface area contributed by atoms with Gasteiger partial charge in [-0.05, 0) is 31.5 Å². The van der Waals surface area contributed by atoms with Crippen LogP contribution in [0.2, 0.25) is 0 Å². The highest BCUT2D eigenvalue weighted by Gasteiger charge is 2.17. The molecule has 1 saturated heterocycles. The van der Waals surface area contributed by atoms with Gasteiger partial charge >= 0.3 is 0 Å². The summed E-state index contributed by atoms with van der Waals surface area (Å²) in [7, 11) is 0. The zero-order valence-corrected chi connectivity index (χ0v) is 9.00. The summed E-state index contributed by atoms with van der Waals surface area (Å²) < 4.78 is 1.93. The minimum Gasteiger partial charge on any atom is -0.309 e. The Kier molecular flexibility index (Phi) is 2.42. The van der Waals surface area contributed by atoms with Gasteiger partial charge < -0.3 is 5.32 Å². The summed E-state index contributed by atoms with van der Waals surface area (Å²) in [6.45, 7) is 1.10. The molecule has 1 aliphatic heterocycles. The Morgan fingerprint density at radius 2 is 2.38 bits per heavy atom. The summed E-state index contributed by atoms with van der Waals surface area (Å²) in [6, 6.07) is 6.56. The highest BCUT2D eigenvalue weighted by Crippen LogP contribution is 2.21. The first kappa shape index (κ1) is 9.54. The van der Waals surface area contributed by atoms with Gasteiger partial charge in [-0.1, -0.05) is 6.07 Å². The van der Waals surface area contributed by atoms with Gasteiger partial charge in [-0.15, -0.1) is 0 Å². The van der Waals surface area contributed by atoms with Gasteiger partial charge in [0, 0.05) is 18.4 Å². The SMILES string of the molecule is c1cc(C2CCCN2)nc(-n2ccnc2)c1. The van der Waals surface area contributed by atoms with Crippen molar-refractivity contribution in [1.82, 2.24) is 19.9 Å². The molecule has 0 radical (unpaired) electrons. The number of hydrogen-bond acceptors (Lipinski definition) is 3. The molecule has 1 N–H and O–H groups in total. The minimum absolute atomic E-state index is 0.420. The maximum absolute atomic E-state index is 4.66. The van der Waals surface area contributed by atoms with E-state index in [9.17, 15) is 0 Å². The van der Waals surface area contributed by atoms with Gasteiger partial charge in [0.05, 0.1) is 5.69 Å². The molecular weight excluding hydrogens is 200 g/mol. The van der Waals surface area contributed by atoms with Crippen molar-refractivity contribution in [2.24, 2.45) is 0 Å². The third-order valence-electron chi connectivity index (χ3n) is 2.94. The van der Waals surface area contributed by atoms with Crippen LogP contribution >= 0.6 is 0 Å². The van der Waals surface area contributed by atoms with Crippen LogP contribution in [0.5, 0.6) is 0 Å². The second kappa shape index (κ2) is 4.06. The molecule has 0 amide bonds. The predicted molar refractivity (Wildman–Crippen MR) is 61.3 cm³/mol. The topological polar surface area (TPSA) is 42.7 Å². The average Bonchev–Trinajstić information content (AvgIpc) is 3.03. The lowest BCUT2D eigenvalue weighted by Crippen LogP contribution is -2.14. The molecule has 0 bridgehead atoms. The number of nitrogens with one attached hydrogen (secondary N) is 1. The number of aromatic nitrogens is 3. The van der Waals surface area contributed by atoms with E-state index in [1.165, 1.54) is 12.8 Å². The van der Waals surface area contributed by atoms with Gasteiger partial charge in [-0.25, -0.2) is 9.97 Å². The van der Waals surface area contributed by atoms with E-state index in [0.29, 0.717) is 6.04 Å². The normalized spacial score (nSPS) is 20.1. The van der Waals surface area contributed by atoms with Crippen molar-refractivity contribution < 1.29 is 0 Å². The van der Waals surface area contributed by atoms with Crippen molar-refractivity contribution in [3.8, 4) is 5.82 Å². The van der Waals surface area contributed by atoms with Gasteiger partial charge in [0.1, 0.15) is 12.1 Å². The number of imidazole rings is 1. The van der Waals surface area contributed by atoms with E-state index < -0.39 is 0 Å². The molecule has 82 valence electrons. The molecule has 1 fully saturated rings. The monoisotopic (exact) mass is 214 g/mol. The van der Waals surface area contributed by atoms with Gasteiger partial charge in [-0.3, -0.25) is 4.57 Å². The minimum atomic E-state index is 0.420. The largest absolute Gasteiger partial charge is 0.309 e. The Bertz CT molecular complexity index is 458. The Hall–Kier alpha value is -1.68. The lowest BCUT2D eigenvalue weighted by Gasteiger charge is -2.10. The van der Waals surface area contributed by atoms with Gasteiger partial charge in [0.25, 0.3) is 0 Å². The van der Waals surface area contributed by atoms with Crippen molar-refractivity contribution in [3.05, 3.63) is 42.6 Å². The first-order valence-corrected chi connectivity index (χ1v) is 5.62. The predicted octanol–water partition coefficient (Wildman–Crippen LogP) is 1.69. The van der Waals surface area contributed by atoms with E-state index in [4.69, 9.17) is 0 Å². The van der Waals surface area contributed by atoms with Crippen LogP contribution in [0.3, 0.4) is 0 Å². The van der Waals surface area contributed by atoms with Gasteiger partial charge in [0.15, 0.2) is 0 Å². The van der Waals surface area contributed by atoms with E-state index in [1.807, 2.05) is 16.8 Å². The summed E-state index contributed by atoms with van der Waals surface area (Å²) in [6.07, 6.45) is 7.87. The molecule has 1 atom stereocenters. The Labute approximate surface area is 94.4 Å². The van der Waals surface area contributed by atoms with Crippen LogP contribution in [0.15, 0.2) is 36.9 Å². The fraction of sp³-hybridized carbons (Fsp3) is 0.333. The van der Waals surface area contributed by atoms with Crippen molar-refractivity contribution in [3.63, 3.8) is 0 Å². The Morgan fingerprint density at radius 3 is 3.12 bits per heavy atom. The van der Waals surface area contributed by atoms with Crippen LogP contribution < -0.4 is 5.32 Å². The second-order valence-corrected chi connectivity index (χ2v) is 4.04. The molecule has 4 heteroatoms. The highest BCUT2D eigenvalue weighted by molar-refractivity contribution is 5.26. The highest BCUT2D eigenvalue weighted by atomic mass is 15.1. The molecule has 0 spiro atoms. The average molecular weight is 214 g/mol. The molecule has 16 heavy (non-hydrogen) atoms. The van der Waals surface area contributed by atoms with E-state index >= 15 is 0 Å². The van der Waals surface area contributed by atoms with Crippen LogP contribution in [-0.4, -0.2) is 21.1 Å². The molecule has 3 heterocycles. The lowest BCUT2D eigenvalue weighted by molar-refractivity contribution is 0.626. The fourth-order valence-corrected chi connectivity index (χ4v) is 2.11. The Balaban J connectivity index is 1.93. The third kappa shape index (κ3) is 1.72. The smallest absolute Gasteiger partial charge is 0.138 e. The second-order valence-electron chi connectivity index (χ2n) is 4.04. The van der Waals surface area contributed by atoms with Gasteiger partial charge in [-0.2, -0.15) is 0 Å². The molecule has 2 aromatic rings. The van der Waals surface area contributed by atoms with Crippen LogP contribution in [0, 0.1) is 0 Å². The van der Waals surface area contributed by atoms with E-state index in [0.717, 1.165) is 18.1 Å². The number of pyridine rings is 1. The third-order valence-corrected chi connectivity index (χ3v) is 2.94. The summed E-state index contributed by atoms with van der Waals surface area (Å²) >= 11 is 0. The van der Waals surface area contributed by atoms with Crippen molar-refractivity contribution in [1.29, 1.82) is 0 Å². The molecule has 0 saturated carbocycles. The van der Waals surface area contributed by atoms with E-state index in [-0.39, 0.29) is 0 Å². The Morgan fingerprint density at radius 1 is 1.38 bits per heavy atom. The molecular formula is C12H14N4. The van der Waals surface area contributed by atoms with Crippen LogP contribution in [0.1, 0.15) is 24.6 Å². The van der Waals surface area contributed by atoms with Crippen LogP contribution in [0.4, 0.5) is 0 Å². The maximum atomic E-state index is 4.66. The number of nitrogens with zero attached hydrogens (tertiary/aromatic N) is 3. The fourth-order valence-electron chi connectivity index (χ4n) is 2.11. The molecule has 1 unspecified atom stereocenters. The van der Waals surface area contributed by atoms with Crippen molar-refractivity contribution in [2.45, 2.75) is 18.9 Å². The zero-order chi connectivity index (χ0) is 10.8. The summed E-state index contributed by atoms with van der Waals surface area (Å²) in [4.78, 5) is 8.69. The maximum Gasteiger partial charge on any atom is 0.138 e. The summed E-state index contributed by atoms with van der Waals surface area (Å²) in [5.41, 5.74) is 1.13.